The number of rotatable bonds is 4. The van der Waals surface area contributed by atoms with Gasteiger partial charge in [-0.15, -0.1) is 18.2 Å². The Balaban J connectivity index is 0.00000288. The van der Waals surface area contributed by atoms with Gasteiger partial charge in [-0.2, -0.15) is 0 Å². The van der Waals surface area contributed by atoms with Crippen LogP contribution in [0.4, 0.5) is 0 Å². The SMILES string of the molecule is C[CH-]C1=C(S(=O)(=O)c2ccccc2)CCCCC1=[C-][Si](C)(C)C.[Rh+2]. The Morgan fingerprint density at radius 1 is 1.04 bits per heavy atom. The number of sulfone groups is 1. The van der Waals surface area contributed by atoms with Gasteiger partial charge in [-0.05, 0) is 20.2 Å². The van der Waals surface area contributed by atoms with E-state index in [4.69, 9.17) is 0 Å². The van der Waals surface area contributed by atoms with E-state index in [0.717, 1.165) is 30.4 Å². The van der Waals surface area contributed by atoms with E-state index in [2.05, 4.69) is 25.3 Å². The van der Waals surface area contributed by atoms with Crippen molar-refractivity contribution >= 4 is 17.9 Å². The van der Waals surface area contributed by atoms with Crippen LogP contribution in [0.15, 0.2) is 51.3 Å². The zero-order valence-corrected chi connectivity index (χ0v) is 18.3. The van der Waals surface area contributed by atoms with Gasteiger partial charge >= 0.3 is 19.5 Å². The topological polar surface area (TPSA) is 34.1 Å². The molecule has 24 heavy (non-hydrogen) atoms. The van der Waals surface area contributed by atoms with Gasteiger partial charge in [0, 0.05) is 0 Å². The molecule has 1 aromatic carbocycles. The van der Waals surface area contributed by atoms with Crippen LogP contribution in [0.1, 0.15) is 32.6 Å². The fourth-order valence-corrected chi connectivity index (χ4v) is 5.87. The van der Waals surface area contributed by atoms with Crippen molar-refractivity contribution in [3.05, 3.63) is 58.5 Å². The van der Waals surface area contributed by atoms with E-state index in [9.17, 15) is 8.42 Å². The van der Waals surface area contributed by atoms with Gasteiger partial charge in [0.25, 0.3) is 0 Å². The summed E-state index contributed by atoms with van der Waals surface area (Å²) in [6.07, 6.45) is 5.45. The van der Waals surface area contributed by atoms with Gasteiger partial charge in [0.1, 0.15) is 9.84 Å². The Kier molecular flexibility index (Phi) is 7.71. The van der Waals surface area contributed by atoms with Crippen molar-refractivity contribution in [2.75, 3.05) is 0 Å². The van der Waals surface area contributed by atoms with Crippen molar-refractivity contribution in [3.63, 3.8) is 0 Å². The molecule has 0 heterocycles. The molecule has 0 saturated carbocycles. The fraction of sp³-hybridized carbons (Fsp3) is 0.421. The van der Waals surface area contributed by atoms with Crippen molar-refractivity contribution in [2.45, 2.75) is 57.1 Å². The minimum absolute atomic E-state index is 0. The Hall–Kier alpha value is -0.640. The smallest absolute Gasteiger partial charge is 0.344 e. The minimum Gasteiger partial charge on any atom is -0.344 e. The Bertz CT molecular complexity index is 713. The van der Waals surface area contributed by atoms with E-state index in [1.807, 2.05) is 19.4 Å². The van der Waals surface area contributed by atoms with Gasteiger partial charge < -0.3 is 16.8 Å². The molecule has 0 aromatic heterocycles. The number of hydrogen-bond donors (Lipinski definition) is 0. The molecule has 0 spiro atoms. The molecule has 0 atom stereocenters. The predicted molar refractivity (Wildman–Crippen MR) is 99.2 cm³/mol. The van der Waals surface area contributed by atoms with Crippen LogP contribution in [0.3, 0.4) is 0 Å². The molecule has 1 aliphatic rings. The molecular weight excluding hydrogens is 423 g/mol. The Labute approximate surface area is 161 Å². The molecule has 133 valence electrons. The Morgan fingerprint density at radius 2 is 1.62 bits per heavy atom. The third-order valence-electron chi connectivity index (χ3n) is 3.90. The summed E-state index contributed by atoms with van der Waals surface area (Å²) >= 11 is 0. The van der Waals surface area contributed by atoms with E-state index >= 15 is 0 Å². The largest absolute Gasteiger partial charge is 2.00 e. The maximum Gasteiger partial charge on any atom is 2.00 e. The van der Waals surface area contributed by atoms with Crippen molar-refractivity contribution < 1.29 is 27.9 Å². The van der Waals surface area contributed by atoms with E-state index in [1.54, 1.807) is 24.3 Å². The number of benzene rings is 1. The van der Waals surface area contributed by atoms with Gasteiger partial charge in [-0.25, -0.2) is 8.42 Å². The molecule has 2 rings (SSSR count). The van der Waals surface area contributed by atoms with Crippen LogP contribution in [-0.2, 0) is 29.3 Å². The summed E-state index contributed by atoms with van der Waals surface area (Å²) in [5, 5.41) is 0. The molecule has 1 aromatic rings. The summed E-state index contributed by atoms with van der Waals surface area (Å²) in [4.78, 5) is 0.966. The third-order valence-corrected chi connectivity index (χ3v) is 6.92. The van der Waals surface area contributed by atoms with Gasteiger partial charge in [0.15, 0.2) is 0 Å². The summed E-state index contributed by atoms with van der Waals surface area (Å²) < 4.78 is 26.2. The molecule has 0 fully saturated rings. The summed E-state index contributed by atoms with van der Waals surface area (Å²) in [7, 11) is -4.96. The van der Waals surface area contributed by atoms with Crippen LogP contribution < -0.4 is 0 Å². The molecule has 0 aliphatic heterocycles. The van der Waals surface area contributed by atoms with Crippen molar-refractivity contribution in [3.8, 4) is 0 Å². The van der Waals surface area contributed by atoms with Crippen LogP contribution in [0.25, 0.3) is 0 Å². The molecule has 2 nitrogen and oxygen atoms in total. The first-order chi connectivity index (χ1) is 10.8. The second kappa shape index (κ2) is 8.64. The first-order valence-electron chi connectivity index (χ1n) is 8.23. The molecule has 1 aliphatic carbocycles. The second-order valence-electron chi connectivity index (χ2n) is 7.00. The maximum absolute atomic E-state index is 13.1. The van der Waals surface area contributed by atoms with Crippen molar-refractivity contribution in [1.29, 1.82) is 0 Å². The first kappa shape index (κ1) is 21.4. The van der Waals surface area contributed by atoms with Crippen LogP contribution in [-0.4, -0.2) is 16.5 Å². The van der Waals surface area contributed by atoms with E-state index < -0.39 is 17.9 Å². The standard InChI is InChI=1S/C19H26O2SSi.Rh/c1-5-18-16(15-23(2,3)4)11-9-10-14-19(18)22(20,21)17-12-7-6-8-13-17;/h5-8,12-13H,9-11,14H2,1-4H3;/q-2;+2. The van der Waals surface area contributed by atoms with Crippen molar-refractivity contribution in [1.82, 2.24) is 0 Å². The van der Waals surface area contributed by atoms with Gasteiger partial charge in [-0.3, -0.25) is 6.42 Å². The van der Waals surface area contributed by atoms with Crippen LogP contribution in [0.5, 0.6) is 0 Å². The normalized spacial score (nSPS) is 18.1. The van der Waals surface area contributed by atoms with Gasteiger partial charge in [0.05, 0.1) is 4.90 Å². The fourth-order valence-electron chi connectivity index (χ4n) is 2.96. The van der Waals surface area contributed by atoms with E-state index in [0.29, 0.717) is 16.2 Å². The van der Waals surface area contributed by atoms with Crippen LogP contribution in [0, 0.1) is 12.1 Å². The van der Waals surface area contributed by atoms with Crippen LogP contribution in [0.2, 0.25) is 19.6 Å². The molecule has 5 heteroatoms. The number of allylic oxidation sites excluding steroid dienone is 3. The predicted octanol–water partition coefficient (Wildman–Crippen LogP) is 5.12. The molecule has 0 amide bonds. The zero-order valence-electron chi connectivity index (χ0n) is 14.9. The maximum atomic E-state index is 13.1. The second-order valence-corrected chi connectivity index (χ2v) is 13.7. The quantitative estimate of drug-likeness (QED) is 0.473. The van der Waals surface area contributed by atoms with Crippen LogP contribution >= 0.6 is 0 Å². The summed E-state index contributed by atoms with van der Waals surface area (Å²) in [5.74, 6) is 0. The molecular formula is C19H26O2RhSSi. The summed E-state index contributed by atoms with van der Waals surface area (Å²) in [5.41, 5.74) is 5.66. The van der Waals surface area contributed by atoms with Gasteiger partial charge in [-0.1, -0.05) is 57.1 Å². The summed E-state index contributed by atoms with van der Waals surface area (Å²) in [6, 6.07) is 8.78. The Morgan fingerprint density at radius 3 is 2.17 bits per heavy atom. The minimum atomic E-state index is -3.43. The molecule has 0 saturated heterocycles. The molecule has 1 radical (unpaired) electrons. The molecule has 0 unspecified atom stereocenters. The molecule has 0 bridgehead atoms. The third kappa shape index (κ3) is 5.18. The zero-order chi connectivity index (χ0) is 17.1. The average Bonchev–Trinajstić information content (AvgIpc) is 2.68. The first-order valence-corrected chi connectivity index (χ1v) is 13.2. The summed E-state index contributed by atoms with van der Waals surface area (Å²) in [6.45, 7) is 8.66. The van der Waals surface area contributed by atoms with E-state index in [1.165, 1.54) is 0 Å². The number of hydrogen-bond acceptors (Lipinski definition) is 2. The van der Waals surface area contributed by atoms with Gasteiger partial charge in [0.2, 0.25) is 0 Å². The van der Waals surface area contributed by atoms with Crippen molar-refractivity contribution in [2.24, 2.45) is 0 Å². The average molecular weight is 449 g/mol. The molecule has 0 N–H and O–H groups in total. The van der Waals surface area contributed by atoms with E-state index in [-0.39, 0.29) is 19.5 Å². The monoisotopic (exact) mass is 449 g/mol.